The molecule has 0 aromatic heterocycles. The van der Waals surface area contributed by atoms with Crippen LogP contribution in [0.1, 0.15) is 20.7 Å². The van der Waals surface area contributed by atoms with Crippen molar-refractivity contribution in [3.05, 3.63) is 48.2 Å². The first kappa shape index (κ1) is 16.2. The van der Waals surface area contributed by atoms with E-state index in [0.29, 0.717) is 37.6 Å². The molecule has 1 aliphatic heterocycles. The van der Waals surface area contributed by atoms with Gasteiger partial charge in [-0.1, -0.05) is 18.7 Å². The molecule has 0 atom stereocenters. The van der Waals surface area contributed by atoms with Crippen LogP contribution in [0.2, 0.25) is 0 Å². The smallest absolute Gasteiger partial charge is 0.261 e. The van der Waals surface area contributed by atoms with E-state index in [1.165, 1.54) is 11.2 Å². The first-order valence-corrected chi connectivity index (χ1v) is 7.09. The maximum atomic E-state index is 12.1. The molecule has 6 heteroatoms. The highest BCUT2D eigenvalue weighted by molar-refractivity contribution is 6.21. The Morgan fingerprint density at radius 2 is 1.45 bits per heavy atom. The standard InChI is InChI=1S/C16H19NO5/c1-2-20-9-10-22-12-11-21-8-7-17-15(18)13-5-3-4-6-14(13)16(17)19/h2-6H,1,7-12H2. The molecule has 2 rings (SSSR count). The molecular weight excluding hydrogens is 286 g/mol. The van der Waals surface area contributed by atoms with Gasteiger partial charge in [0.15, 0.2) is 0 Å². The minimum Gasteiger partial charge on any atom is -0.499 e. The molecule has 1 aliphatic rings. The fraction of sp³-hybridized carbons (Fsp3) is 0.375. The lowest BCUT2D eigenvalue weighted by molar-refractivity contribution is 0.0241. The molecule has 0 N–H and O–H groups in total. The van der Waals surface area contributed by atoms with Crippen molar-refractivity contribution in [1.82, 2.24) is 4.90 Å². The highest BCUT2D eigenvalue weighted by atomic mass is 16.5. The highest BCUT2D eigenvalue weighted by Crippen LogP contribution is 2.21. The van der Waals surface area contributed by atoms with Gasteiger partial charge in [0.1, 0.15) is 6.61 Å². The summed E-state index contributed by atoms with van der Waals surface area (Å²) in [5.74, 6) is -0.524. The SMILES string of the molecule is C=COCCOCCOCCN1C(=O)c2ccccc2C1=O. The molecule has 1 heterocycles. The number of benzene rings is 1. The minimum absolute atomic E-state index is 0.242. The number of hydrogen-bond donors (Lipinski definition) is 0. The Hall–Kier alpha value is -2.18. The predicted molar refractivity (Wildman–Crippen MR) is 79.6 cm³/mol. The van der Waals surface area contributed by atoms with Gasteiger partial charge in [-0.05, 0) is 12.1 Å². The molecule has 0 aliphatic carbocycles. The molecule has 22 heavy (non-hydrogen) atoms. The maximum absolute atomic E-state index is 12.1. The van der Waals surface area contributed by atoms with Crippen molar-refractivity contribution in [2.24, 2.45) is 0 Å². The number of ether oxygens (including phenoxy) is 3. The van der Waals surface area contributed by atoms with E-state index in [1.54, 1.807) is 24.3 Å². The van der Waals surface area contributed by atoms with Crippen LogP contribution >= 0.6 is 0 Å². The highest BCUT2D eigenvalue weighted by Gasteiger charge is 2.34. The summed E-state index contributed by atoms with van der Waals surface area (Å²) in [5, 5.41) is 0. The average molecular weight is 305 g/mol. The topological polar surface area (TPSA) is 65.1 Å². The van der Waals surface area contributed by atoms with Crippen LogP contribution in [0.3, 0.4) is 0 Å². The normalized spacial score (nSPS) is 13.4. The average Bonchev–Trinajstić information content (AvgIpc) is 2.78. The summed E-state index contributed by atoms with van der Waals surface area (Å²) in [6.45, 7) is 5.71. The lowest BCUT2D eigenvalue weighted by atomic mass is 10.1. The number of rotatable bonds is 10. The third-order valence-electron chi connectivity index (χ3n) is 3.17. The first-order chi connectivity index (χ1) is 10.8. The number of nitrogens with zero attached hydrogens (tertiary/aromatic N) is 1. The van der Waals surface area contributed by atoms with Gasteiger partial charge in [0.05, 0.1) is 50.4 Å². The summed E-state index contributed by atoms with van der Waals surface area (Å²) in [6, 6.07) is 6.82. The van der Waals surface area contributed by atoms with Crippen LogP contribution in [-0.2, 0) is 14.2 Å². The van der Waals surface area contributed by atoms with Crippen molar-refractivity contribution in [3.8, 4) is 0 Å². The van der Waals surface area contributed by atoms with Crippen LogP contribution in [0.15, 0.2) is 37.1 Å². The molecule has 0 unspecified atom stereocenters. The van der Waals surface area contributed by atoms with Gasteiger partial charge >= 0.3 is 0 Å². The van der Waals surface area contributed by atoms with Gasteiger partial charge in [-0.15, -0.1) is 0 Å². The van der Waals surface area contributed by atoms with Crippen LogP contribution in [0.25, 0.3) is 0 Å². The van der Waals surface area contributed by atoms with Crippen LogP contribution < -0.4 is 0 Å². The van der Waals surface area contributed by atoms with Gasteiger partial charge in [0.25, 0.3) is 11.8 Å². The zero-order valence-electron chi connectivity index (χ0n) is 12.3. The van der Waals surface area contributed by atoms with Crippen molar-refractivity contribution in [1.29, 1.82) is 0 Å². The number of imide groups is 1. The van der Waals surface area contributed by atoms with Crippen LogP contribution in [-0.4, -0.2) is 56.3 Å². The Kier molecular flexibility index (Phi) is 6.12. The minimum atomic E-state index is -0.262. The Balaban J connectivity index is 1.63. The van der Waals surface area contributed by atoms with E-state index >= 15 is 0 Å². The zero-order chi connectivity index (χ0) is 15.8. The third kappa shape index (κ3) is 3.93. The van der Waals surface area contributed by atoms with Crippen LogP contribution in [0.5, 0.6) is 0 Å². The Bertz CT molecular complexity index is 508. The summed E-state index contributed by atoms with van der Waals surface area (Å²) in [4.78, 5) is 25.4. The van der Waals surface area contributed by atoms with E-state index in [4.69, 9.17) is 14.2 Å². The van der Waals surface area contributed by atoms with Crippen LogP contribution in [0, 0.1) is 0 Å². The molecule has 0 saturated carbocycles. The van der Waals surface area contributed by atoms with E-state index in [2.05, 4.69) is 6.58 Å². The number of amides is 2. The number of hydrogen-bond acceptors (Lipinski definition) is 5. The quantitative estimate of drug-likeness (QED) is 0.372. The monoisotopic (exact) mass is 305 g/mol. The van der Waals surface area contributed by atoms with E-state index < -0.39 is 0 Å². The summed E-state index contributed by atoms with van der Waals surface area (Å²) in [6.07, 6.45) is 1.36. The van der Waals surface area contributed by atoms with Gasteiger partial charge in [-0.3, -0.25) is 14.5 Å². The van der Waals surface area contributed by atoms with Crippen molar-refractivity contribution in [2.75, 3.05) is 39.6 Å². The van der Waals surface area contributed by atoms with Crippen molar-refractivity contribution in [2.45, 2.75) is 0 Å². The molecule has 0 bridgehead atoms. The lowest BCUT2D eigenvalue weighted by Gasteiger charge is -2.13. The molecule has 6 nitrogen and oxygen atoms in total. The lowest BCUT2D eigenvalue weighted by Crippen LogP contribution is -2.33. The summed E-state index contributed by atoms with van der Waals surface area (Å²) < 4.78 is 15.5. The second-order valence-electron chi connectivity index (χ2n) is 4.57. The van der Waals surface area contributed by atoms with E-state index in [1.807, 2.05) is 0 Å². The van der Waals surface area contributed by atoms with E-state index in [0.717, 1.165) is 0 Å². The number of carbonyl (C=O) groups excluding carboxylic acids is 2. The second-order valence-corrected chi connectivity index (χ2v) is 4.57. The van der Waals surface area contributed by atoms with Gasteiger partial charge in [0.2, 0.25) is 0 Å². The first-order valence-electron chi connectivity index (χ1n) is 7.09. The molecule has 0 spiro atoms. The fourth-order valence-corrected chi connectivity index (χ4v) is 2.11. The van der Waals surface area contributed by atoms with Crippen molar-refractivity contribution < 1.29 is 23.8 Å². The molecule has 0 fully saturated rings. The predicted octanol–water partition coefficient (Wildman–Crippen LogP) is 1.48. The molecule has 0 radical (unpaired) electrons. The third-order valence-corrected chi connectivity index (χ3v) is 3.17. The van der Waals surface area contributed by atoms with Crippen molar-refractivity contribution in [3.63, 3.8) is 0 Å². The molecule has 1 aromatic carbocycles. The summed E-state index contributed by atoms with van der Waals surface area (Å²) in [5.41, 5.74) is 0.913. The summed E-state index contributed by atoms with van der Waals surface area (Å²) >= 11 is 0. The number of carbonyl (C=O) groups is 2. The zero-order valence-corrected chi connectivity index (χ0v) is 12.3. The van der Waals surface area contributed by atoms with Gasteiger partial charge in [0, 0.05) is 0 Å². The van der Waals surface area contributed by atoms with E-state index in [9.17, 15) is 9.59 Å². The number of fused-ring (bicyclic) bond motifs is 1. The largest absolute Gasteiger partial charge is 0.499 e. The molecule has 1 aromatic rings. The second kappa shape index (κ2) is 8.31. The molecule has 0 saturated heterocycles. The van der Waals surface area contributed by atoms with Gasteiger partial charge in [-0.25, -0.2) is 0 Å². The summed E-state index contributed by atoms with van der Waals surface area (Å²) in [7, 11) is 0. The maximum Gasteiger partial charge on any atom is 0.261 e. The van der Waals surface area contributed by atoms with Crippen molar-refractivity contribution >= 4 is 11.8 Å². The van der Waals surface area contributed by atoms with Gasteiger partial charge < -0.3 is 14.2 Å². The Morgan fingerprint density at radius 1 is 0.909 bits per heavy atom. The Morgan fingerprint density at radius 3 is 2.05 bits per heavy atom. The van der Waals surface area contributed by atoms with Crippen LogP contribution in [0.4, 0.5) is 0 Å². The Labute approximate surface area is 129 Å². The molecule has 118 valence electrons. The van der Waals surface area contributed by atoms with Gasteiger partial charge in [-0.2, -0.15) is 0 Å². The fourth-order valence-electron chi connectivity index (χ4n) is 2.11. The molecule has 2 amide bonds. The van der Waals surface area contributed by atoms with E-state index in [-0.39, 0.29) is 25.0 Å². The molecular formula is C16H19NO5.